The molecule has 1 atom stereocenters. The van der Waals surface area contributed by atoms with E-state index in [0.29, 0.717) is 6.42 Å². The van der Waals surface area contributed by atoms with Gasteiger partial charge < -0.3 is 20.1 Å². The van der Waals surface area contributed by atoms with Crippen molar-refractivity contribution in [3.8, 4) is 5.75 Å². The molecule has 2 rings (SSSR count). The van der Waals surface area contributed by atoms with Crippen LogP contribution in [-0.2, 0) is 20.7 Å². The predicted molar refractivity (Wildman–Crippen MR) is 95.6 cm³/mol. The zero-order valence-electron chi connectivity index (χ0n) is 14.3. The summed E-state index contributed by atoms with van der Waals surface area (Å²) in [5, 5.41) is 5.71. The number of rotatable bonds is 8. The molecule has 6 heteroatoms. The molecule has 0 heterocycles. The van der Waals surface area contributed by atoms with Crippen LogP contribution in [0.5, 0.6) is 5.75 Å². The monoisotopic (exact) mass is 342 g/mol. The van der Waals surface area contributed by atoms with Gasteiger partial charge in [-0.1, -0.05) is 30.3 Å². The summed E-state index contributed by atoms with van der Waals surface area (Å²) in [6, 6.07) is 16.0. The van der Waals surface area contributed by atoms with E-state index in [2.05, 4.69) is 10.6 Å². The van der Waals surface area contributed by atoms with E-state index < -0.39 is 12.0 Å². The van der Waals surface area contributed by atoms with Crippen LogP contribution < -0.4 is 15.4 Å². The maximum atomic E-state index is 12.2. The first-order valence-corrected chi connectivity index (χ1v) is 7.91. The molecule has 0 saturated carbocycles. The van der Waals surface area contributed by atoms with Crippen molar-refractivity contribution in [3.63, 3.8) is 0 Å². The molecular formula is C19H22N2O4. The molecule has 0 aromatic heterocycles. The average Bonchev–Trinajstić information content (AvgIpc) is 2.66. The second-order valence-electron chi connectivity index (χ2n) is 5.42. The Morgan fingerprint density at radius 2 is 1.68 bits per heavy atom. The van der Waals surface area contributed by atoms with Gasteiger partial charge in [0.15, 0.2) is 0 Å². The van der Waals surface area contributed by atoms with Crippen LogP contribution in [0.25, 0.3) is 0 Å². The Hall–Kier alpha value is -3.02. The van der Waals surface area contributed by atoms with E-state index in [1.54, 1.807) is 19.2 Å². The maximum Gasteiger partial charge on any atom is 0.328 e. The van der Waals surface area contributed by atoms with E-state index in [1.165, 1.54) is 7.11 Å². The van der Waals surface area contributed by atoms with Gasteiger partial charge in [-0.05, 0) is 29.8 Å². The molecule has 0 aliphatic rings. The molecule has 0 saturated heterocycles. The Morgan fingerprint density at radius 3 is 2.28 bits per heavy atom. The first-order valence-electron chi connectivity index (χ1n) is 7.91. The summed E-state index contributed by atoms with van der Waals surface area (Å²) in [4.78, 5) is 24.1. The zero-order valence-corrected chi connectivity index (χ0v) is 14.3. The Morgan fingerprint density at radius 1 is 1.00 bits per heavy atom. The van der Waals surface area contributed by atoms with Crippen molar-refractivity contribution in [2.75, 3.05) is 26.1 Å². The largest absolute Gasteiger partial charge is 0.497 e. The molecule has 0 aliphatic carbocycles. The van der Waals surface area contributed by atoms with Crippen LogP contribution in [0, 0.1) is 0 Å². The van der Waals surface area contributed by atoms with Crippen LogP contribution in [0.1, 0.15) is 5.56 Å². The first-order chi connectivity index (χ1) is 12.1. The number of methoxy groups -OCH3 is 2. The number of carbonyl (C=O) groups excluding carboxylic acids is 2. The van der Waals surface area contributed by atoms with E-state index in [4.69, 9.17) is 9.47 Å². The highest BCUT2D eigenvalue weighted by Crippen LogP contribution is 2.14. The quantitative estimate of drug-likeness (QED) is 0.718. The van der Waals surface area contributed by atoms with Crippen LogP contribution in [0.4, 0.5) is 5.69 Å². The number of hydrogen-bond donors (Lipinski definition) is 2. The average molecular weight is 342 g/mol. The minimum atomic E-state index is -0.724. The number of nitrogens with one attached hydrogen (secondary N) is 2. The second kappa shape index (κ2) is 9.32. The zero-order chi connectivity index (χ0) is 18.1. The Bertz CT molecular complexity index is 686. The van der Waals surface area contributed by atoms with Crippen LogP contribution in [-0.4, -0.2) is 38.7 Å². The molecule has 1 amide bonds. The molecule has 25 heavy (non-hydrogen) atoms. The molecule has 2 aromatic rings. The van der Waals surface area contributed by atoms with E-state index in [1.807, 2.05) is 42.5 Å². The predicted octanol–water partition coefficient (Wildman–Crippen LogP) is 2.01. The van der Waals surface area contributed by atoms with Gasteiger partial charge in [-0.2, -0.15) is 0 Å². The molecule has 2 aromatic carbocycles. The van der Waals surface area contributed by atoms with Gasteiger partial charge in [-0.15, -0.1) is 0 Å². The smallest absolute Gasteiger partial charge is 0.328 e. The maximum absolute atomic E-state index is 12.2. The van der Waals surface area contributed by atoms with Crippen LogP contribution >= 0.6 is 0 Å². The summed E-state index contributed by atoms with van der Waals surface area (Å²) in [6.07, 6.45) is 0.377. The van der Waals surface area contributed by atoms with E-state index >= 15 is 0 Å². The summed E-state index contributed by atoms with van der Waals surface area (Å²) in [7, 11) is 2.90. The lowest BCUT2D eigenvalue weighted by Gasteiger charge is -2.17. The molecule has 1 unspecified atom stereocenters. The highest BCUT2D eigenvalue weighted by molar-refractivity contribution is 5.87. The lowest BCUT2D eigenvalue weighted by molar-refractivity contribution is -0.144. The lowest BCUT2D eigenvalue weighted by Crippen LogP contribution is -2.45. The molecule has 0 radical (unpaired) electrons. The third-order valence-corrected chi connectivity index (χ3v) is 3.65. The second-order valence-corrected chi connectivity index (χ2v) is 5.42. The molecule has 6 nitrogen and oxygen atoms in total. The molecule has 0 aliphatic heterocycles. The fourth-order valence-electron chi connectivity index (χ4n) is 2.32. The van der Waals surface area contributed by atoms with Crippen molar-refractivity contribution < 1.29 is 19.1 Å². The van der Waals surface area contributed by atoms with Gasteiger partial charge in [0.25, 0.3) is 0 Å². The van der Waals surface area contributed by atoms with Gasteiger partial charge in [0.1, 0.15) is 11.8 Å². The number of hydrogen-bond acceptors (Lipinski definition) is 5. The summed E-state index contributed by atoms with van der Waals surface area (Å²) in [5.41, 5.74) is 1.73. The summed E-state index contributed by atoms with van der Waals surface area (Å²) < 4.78 is 9.87. The first kappa shape index (κ1) is 18.3. The molecule has 2 N–H and O–H groups in total. The third kappa shape index (κ3) is 5.84. The van der Waals surface area contributed by atoms with Crippen molar-refractivity contribution in [1.29, 1.82) is 0 Å². The van der Waals surface area contributed by atoms with E-state index in [-0.39, 0.29) is 12.5 Å². The number of carbonyl (C=O) groups is 2. The van der Waals surface area contributed by atoms with E-state index in [9.17, 15) is 9.59 Å². The topological polar surface area (TPSA) is 76.7 Å². The van der Waals surface area contributed by atoms with Gasteiger partial charge in [0, 0.05) is 12.1 Å². The fraction of sp³-hybridized carbons (Fsp3) is 0.263. The highest BCUT2D eigenvalue weighted by Gasteiger charge is 2.21. The fourth-order valence-corrected chi connectivity index (χ4v) is 2.32. The molecule has 0 fully saturated rings. The van der Waals surface area contributed by atoms with Gasteiger partial charge >= 0.3 is 5.97 Å². The number of benzene rings is 2. The molecular weight excluding hydrogens is 320 g/mol. The number of ether oxygens (including phenoxy) is 2. The normalized spacial score (nSPS) is 11.3. The van der Waals surface area contributed by atoms with Crippen LogP contribution in [0.2, 0.25) is 0 Å². The summed E-state index contributed by atoms with van der Waals surface area (Å²) in [6.45, 7) is 0.0502. The number of esters is 1. The number of amides is 1. The van der Waals surface area contributed by atoms with Crippen LogP contribution in [0.15, 0.2) is 54.6 Å². The molecule has 132 valence electrons. The van der Waals surface area contributed by atoms with Crippen molar-refractivity contribution in [3.05, 3.63) is 60.2 Å². The third-order valence-electron chi connectivity index (χ3n) is 3.65. The van der Waals surface area contributed by atoms with Gasteiger partial charge in [-0.3, -0.25) is 4.79 Å². The lowest BCUT2D eigenvalue weighted by atomic mass is 10.1. The Balaban J connectivity index is 1.90. The number of anilines is 1. The van der Waals surface area contributed by atoms with Crippen molar-refractivity contribution >= 4 is 17.6 Å². The molecule has 0 spiro atoms. The van der Waals surface area contributed by atoms with Crippen LogP contribution in [0.3, 0.4) is 0 Å². The standard InChI is InChI=1S/C19H22N2O4/c1-24-16-10-8-15(9-11-16)20-13-18(22)21-17(19(23)25-2)12-14-6-4-3-5-7-14/h3-11,17,20H,12-13H2,1-2H3,(H,21,22). The Labute approximate surface area is 147 Å². The summed E-state index contributed by atoms with van der Waals surface area (Å²) >= 11 is 0. The van der Waals surface area contributed by atoms with Gasteiger partial charge in [-0.25, -0.2) is 4.79 Å². The van der Waals surface area contributed by atoms with Gasteiger partial charge in [0.05, 0.1) is 20.8 Å². The van der Waals surface area contributed by atoms with Crippen molar-refractivity contribution in [2.24, 2.45) is 0 Å². The Kier molecular flexibility index (Phi) is 6.83. The minimum Gasteiger partial charge on any atom is -0.497 e. The van der Waals surface area contributed by atoms with Gasteiger partial charge in [0.2, 0.25) is 5.91 Å². The SMILES string of the molecule is COC(=O)C(Cc1ccccc1)NC(=O)CNc1ccc(OC)cc1. The van der Waals surface area contributed by atoms with Crippen molar-refractivity contribution in [1.82, 2.24) is 5.32 Å². The summed E-state index contributed by atoms with van der Waals surface area (Å²) in [5.74, 6) is -0.0209. The highest BCUT2D eigenvalue weighted by atomic mass is 16.5. The molecule has 0 bridgehead atoms. The minimum absolute atomic E-state index is 0.0502. The van der Waals surface area contributed by atoms with E-state index in [0.717, 1.165) is 17.0 Å². The van der Waals surface area contributed by atoms with Crippen molar-refractivity contribution in [2.45, 2.75) is 12.5 Å².